The van der Waals surface area contributed by atoms with Gasteiger partial charge in [0.05, 0.1) is 37.4 Å². The highest BCUT2D eigenvalue weighted by atomic mass is 32.2. The van der Waals surface area contributed by atoms with Gasteiger partial charge in [-0.15, -0.1) is 0 Å². The number of carbonyl (C=O) groups is 1. The largest absolute Gasteiger partial charge is 0.456 e. The molecule has 0 amide bonds. The zero-order chi connectivity index (χ0) is 39.6. The molecule has 2 aliphatic rings. The summed E-state index contributed by atoms with van der Waals surface area (Å²) in [6.45, 7) is 0. The van der Waals surface area contributed by atoms with E-state index >= 15 is 0 Å². The van der Waals surface area contributed by atoms with Crippen LogP contribution in [0.15, 0.2) is 107 Å². The van der Waals surface area contributed by atoms with E-state index in [-0.39, 0.29) is 33.8 Å². The number of esters is 1. The van der Waals surface area contributed by atoms with Gasteiger partial charge in [-0.3, -0.25) is 40.5 Å². The standard InChI is InChI=1S/C32H16N4O17S2/c37-31-21-3-1-2-4-22(21)32(51-31)23-9-7-19(52-54(46,47)29-11-5-17(33(38)39)13-25(29)35(42)43)15-27(23)50-28-16-20(8-10-24(28)32)53-55(48,49)30-12-6-18(34(40)41)14-26(30)36(44)45/h1-16H. The third kappa shape index (κ3) is 5.93. The lowest BCUT2D eigenvalue weighted by Crippen LogP contribution is -2.33. The summed E-state index contributed by atoms with van der Waals surface area (Å²) in [6, 6.07) is 16.7. The Balaban J connectivity index is 1.32. The van der Waals surface area contributed by atoms with Crippen molar-refractivity contribution >= 4 is 49.0 Å². The number of hydrogen-bond donors (Lipinski definition) is 0. The van der Waals surface area contributed by atoms with Gasteiger partial charge in [0.25, 0.3) is 22.7 Å². The van der Waals surface area contributed by atoms with Crippen molar-refractivity contribution < 1.29 is 59.2 Å². The predicted molar refractivity (Wildman–Crippen MR) is 180 cm³/mol. The summed E-state index contributed by atoms with van der Waals surface area (Å²) in [6.07, 6.45) is 0. The topological polar surface area (TPSA) is 295 Å². The molecule has 0 saturated carbocycles. The SMILES string of the molecule is O=C1OC2(c3ccc(OS(=O)(=O)c4ccc([N+](=O)[O-])cc4[N+](=O)[O-])cc3Oc3cc(OS(=O)(=O)c4ccc([N+](=O)[O-])cc4[N+](=O)[O-])ccc32)c2ccccc21. The maximum Gasteiger partial charge on any atom is 0.346 e. The van der Waals surface area contributed by atoms with E-state index in [4.69, 9.17) is 17.8 Å². The van der Waals surface area contributed by atoms with E-state index in [1.807, 2.05) is 0 Å². The maximum absolute atomic E-state index is 13.3. The number of carbonyl (C=O) groups excluding carboxylic acids is 1. The zero-order valence-electron chi connectivity index (χ0n) is 26.8. The van der Waals surface area contributed by atoms with Gasteiger partial charge in [-0.2, -0.15) is 16.8 Å². The van der Waals surface area contributed by atoms with Gasteiger partial charge >= 0.3 is 26.2 Å². The third-order valence-corrected chi connectivity index (χ3v) is 10.9. The third-order valence-electron chi connectivity index (χ3n) is 8.31. The molecule has 0 N–H and O–H groups in total. The Morgan fingerprint density at radius 1 is 0.545 bits per heavy atom. The first kappa shape index (κ1) is 35.9. The van der Waals surface area contributed by atoms with Crippen LogP contribution in [-0.2, 0) is 30.6 Å². The molecule has 2 heterocycles. The Morgan fingerprint density at radius 3 is 1.44 bits per heavy atom. The molecular weight excluding hydrogens is 776 g/mol. The molecule has 278 valence electrons. The monoisotopic (exact) mass is 792 g/mol. The smallest absolute Gasteiger partial charge is 0.346 e. The molecule has 0 unspecified atom stereocenters. The minimum atomic E-state index is -5.05. The molecule has 55 heavy (non-hydrogen) atoms. The van der Waals surface area contributed by atoms with Gasteiger partial charge < -0.3 is 17.8 Å². The summed E-state index contributed by atoms with van der Waals surface area (Å²) in [5.41, 5.74) is -4.96. The average Bonchev–Trinajstić information content (AvgIpc) is 3.42. The lowest BCUT2D eigenvalue weighted by Gasteiger charge is -2.36. The molecule has 5 aromatic rings. The summed E-state index contributed by atoms with van der Waals surface area (Å²) in [4.78, 5) is 52.6. The van der Waals surface area contributed by atoms with E-state index in [1.165, 1.54) is 18.2 Å². The van der Waals surface area contributed by atoms with Crippen molar-refractivity contribution in [3.63, 3.8) is 0 Å². The van der Waals surface area contributed by atoms with Crippen molar-refractivity contribution in [1.82, 2.24) is 0 Å². The van der Waals surface area contributed by atoms with Crippen molar-refractivity contribution in [2.45, 2.75) is 15.4 Å². The first-order chi connectivity index (χ1) is 25.9. The fourth-order valence-electron chi connectivity index (χ4n) is 6.03. The van der Waals surface area contributed by atoms with E-state index in [2.05, 4.69) is 0 Å². The number of fused-ring (bicyclic) bond motifs is 6. The van der Waals surface area contributed by atoms with Gasteiger partial charge in [0.2, 0.25) is 0 Å². The second kappa shape index (κ2) is 12.6. The number of nitrogens with zero attached hydrogens (tertiary/aromatic N) is 4. The first-order valence-corrected chi connectivity index (χ1v) is 17.8. The highest BCUT2D eigenvalue weighted by Gasteiger charge is 2.53. The minimum Gasteiger partial charge on any atom is -0.456 e. The van der Waals surface area contributed by atoms with Crippen LogP contribution in [0.25, 0.3) is 0 Å². The van der Waals surface area contributed by atoms with Gasteiger partial charge in [0.1, 0.15) is 23.0 Å². The minimum absolute atomic E-state index is 0.118. The number of nitro benzene ring substituents is 4. The molecule has 0 radical (unpaired) electrons. The highest BCUT2D eigenvalue weighted by Crippen LogP contribution is 2.57. The Morgan fingerprint density at radius 2 is 1.00 bits per heavy atom. The Kier molecular flexibility index (Phi) is 8.19. The van der Waals surface area contributed by atoms with E-state index in [0.29, 0.717) is 24.3 Å². The number of nitro groups is 4. The quantitative estimate of drug-likeness (QED) is 0.0737. The fraction of sp³-hybridized carbons (Fsp3) is 0.0312. The van der Waals surface area contributed by atoms with Gasteiger partial charge in [-0.1, -0.05) is 18.2 Å². The second-order valence-electron chi connectivity index (χ2n) is 11.4. The molecule has 23 heteroatoms. The van der Waals surface area contributed by atoms with Crippen LogP contribution >= 0.6 is 0 Å². The Hall–Kier alpha value is -7.53. The summed E-state index contributed by atoms with van der Waals surface area (Å²) in [5.74, 6) is -2.23. The molecule has 21 nitrogen and oxygen atoms in total. The van der Waals surface area contributed by atoms with Gasteiger partial charge in [0, 0.05) is 41.0 Å². The highest BCUT2D eigenvalue weighted by molar-refractivity contribution is 7.87. The zero-order valence-corrected chi connectivity index (χ0v) is 28.4. The van der Waals surface area contributed by atoms with E-state index in [9.17, 15) is 62.1 Å². The van der Waals surface area contributed by atoms with Gasteiger partial charge in [0.15, 0.2) is 15.4 Å². The van der Waals surface area contributed by atoms with Crippen LogP contribution in [0.1, 0.15) is 27.0 Å². The molecule has 7 rings (SSSR count). The normalized spacial score (nSPS) is 13.7. The first-order valence-electron chi connectivity index (χ1n) is 15.0. The van der Waals surface area contributed by atoms with Crippen molar-refractivity contribution in [3.05, 3.63) is 160 Å². The predicted octanol–water partition coefficient (Wildman–Crippen LogP) is 5.42. The van der Waals surface area contributed by atoms with E-state index in [1.54, 1.807) is 18.2 Å². The molecular formula is C32H16N4O17S2. The fourth-order valence-corrected chi connectivity index (χ4v) is 8.17. The number of rotatable bonds is 10. The molecule has 0 saturated heterocycles. The summed E-state index contributed by atoms with van der Waals surface area (Å²) >= 11 is 0. The summed E-state index contributed by atoms with van der Waals surface area (Å²) in [7, 11) is -10.1. The number of hydrogen-bond acceptors (Lipinski definition) is 17. The van der Waals surface area contributed by atoms with Crippen LogP contribution in [-0.4, -0.2) is 42.5 Å². The summed E-state index contributed by atoms with van der Waals surface area (Å²) < 4.78 is 75.5. The van der Waals surface area contributed by atoms with Crippen LogP contribution < -0.4 is 13.1 Å². The van der Waals surface area contributed by atoms with Crippen LogP contribution in [0.5, 0.6) is 23.0 Å². The molecule has 2 aliphatic heterocycles. The molecule has 0 fully saturated rings. The lowest BCUT2D eigenvalue weighted by molar-refractivity contribution is -0.396. The van der Waals surface area contributed by atoms with Crippen molar-refractivity contribution in [2.24, 2.45) is 0 Å². The number of ether oxygens (including phenoxy) is 2. The molecule has 1 spiro atoms. The Labute approximate surface area is 305 Å². The van der Waals surface area contributed by atoms with Gasteiger partial charge in [-0.05, 0) is 42.5 Å². The number of benzene rings is 5. The van der Waals surface area contributed by atoms with Crippen LogP contribution in [0.2, 0.25) is 0 Å². The van der Waals surface area contributed by atoms with E-state index in [0.717, 1.165) is 36.4 Å². The van der Waals surface area contributed by atoms with Crippen LogP contribution in [0.4, 0.5) is 22.7 Å². The average molecular weight is 793 g/mol. The second-order valence-corrected chi connectivity index (χ2v) is 14.5. The summed E-state index contributed by atoms with van der Waals surface area (Å²) in [5, 5.41) is 45.6. The van der Waals surface area contributed by atoms with Gasteiger partial charge in [-0.25, -0.2) is 4.79 Å². The lowest BCUT2D eigenvalue weighted by atomic mass is 9.77. The van der Waals surface area contributed by atoms with Crippen molar-refractivity contribution in [1.29, 1.82) is 0 Å². The number of non-ortho nitro benzene ring substituents is 2. The van der Waals surface area contributed by atoms with Crippen LogP contribution in [0.3, 0.4) is 0 Å². The molecule has 0 aliphatic carbocycles. The van der Waals surface area contributed by atoms with Crippen molar-refractivity contribution in [3.8, 4) is 23.0 Å². The Bertz CT molecular complexity index is 2650. The molecule has 5 aromatic carbocycles. The molecule has 0 aromatic heterocycles. The molecule has 0 bridgehead atoms. The van der Waals surface area contributed by atoms with E-state index < -0.39 is 95.5 Å². The molecule has 0 atom stereocenters. The van der Waals surface area contributed by atoms with Crippen LogP contribution in [0, 0.1) is 40.5 Å². The maximum atomic E-state index is 13.3. The van der Waals surface area contributed by atoms with Crippen molar-refractivity contribution in [2.75, 3.05) is 0 Å².